The number of nitrogens with zero attached hydrogens (tertiary/aromatic N) is 20. The average molecular weight is 2100 g/mol. The van der Waals surface area contributed by atoms with Crippen molar-refractivity contribution in [3.63, 3.8) is 0 Å². The highest BCUT2D eigenvalue weighted by atomic mass is 32.2. The largest absolute Gasteiger partial charge is 0.394 e. The molecule has 24 atom stereocenters. The zero-order valence-corrected chi connectivity index (χ0v) is 81.3. The summed E-state index contributed by atoms with van der Waals surface area (Å²) in [5.74, 6) is -4.88. The van der Waals surface area contributed by atoms with Gasteiger partial charge in [0.05, 0.1) is 129 Å². The molecule has 0 spiro atoms. The van der Waals surface area contributed by atoms with Crippen LogP contribution in [-0.2, 0) is 18.9 Å². The van der Waals surface area contributed by atoms with Crippen LogP contribution in [0.25, 0.3) is 44.7 Å². The second kappa shape index (κ2) is 47.3. The zero-order chi connectivity index (χ0) is 128. The predicted molar refractivity (Wildman–Crippen MR) is 530 cm³/mol. The lowest BCUT2D eigenvalue weighted by molar-refractivity contribution is -0.0629. The van der Waals surface area contributed by atoms with E-state index in [2.05, 4.69) is 102 Å². The molecule has 0 amide bonds. The minimum atomic E-state index is -3.41. The van der Waals surface area contributed by atoms with Crippen LogP contribution in [0.15, 0.2) is 93.1 Å². The molecule has 8 heterocycles. The van der Waals surface area contributed by atoms with Crippen LogP contribution in [0.2, 0.25) is 0 Å². The number of nitrogens with one attached hydrogen (secondary N) is 4. The van der Waals surface area contributed by atoms with Gasteiger partial charge in [-0.3, -0.25) is 0 Å². The van der Waals surface area contributed by atoms with E-state index in [4.69, 9.17) is 65.2 Å². The Balaban J connectivity index is 0.000000154. The molecule has 776 valence electrons. The summed E-state index contributed by atoms with van der Waals surface area (Å²) in [6.07, 6.45) is -17.0. The molecule has 8 saturated carbocycles. The lowest BCUT2D eigenvalue weighted by Gasteiger charge is -2.17. The van der Waals surface area contributed by atoms with Crippen LogP contribution in [0, 0.1) is 51.0 Å². The molecule has 0 unspecified atom stereocenters. The van der Waals surface area contributed by atoms with Crippen molar-refractivity contribution < 1.29 is 139 Å². The summed E-state index contributed by atoms with van der Waals surface area (Å²) in [7, 11) is 0. The molecule has 8 aliphatic rings. The topological polar surface area (TPSA) is 554 Å². The van der Waals surface area contributed by atoms with Crippen molar-refractivity contribution in [1.82, 2.24) is 99.8 Å². The Bertz CT molecular complexity index is 7980. The lowest BCUT2D eigenvalue weighted by Crippen LogP contribution is -2.33. The van der Waals surface area contributed by atoms with Crippen LogP contribution in [0.1, 0.15) is 238 Å². The third kappa shape index (κ3) is 23.8. The number of fused-ring (bicyclic) bond motifs is 4. The number of anilines is 4. The van der Waals surface area contributed by atoms with Gasteiger partial charge in [0, 0.05) is 110 Å². The molecule has 12 aromatic rings. The molecule has 16 N–H and O–H groups in total. The lowest BCUT2D eigenvalue weighted by atomic mass is 10.1. The summed E-state index contributed by atoms with van der Waals surface area (Å²) < 4.78 is 324. The smallest absolute Gasteiger partial charge is 0.191 e. The maximum atomic E-state index is 14.6. The number of hydrogen-bond acceptors (Lipinski definition) is 40. The van der Waals surface area contributed by atoms with Crippen LogP contribution < -0.4 is 21.3 Å². The highest BCUT2D eigenvalue weighted by Gasteiger charge is 2.51. The van der Waals surface area contributed by atoms with Gasteiger partial charge in [-0.25, -0.2) is 76.2 Å². The van der Waals surface area contributed by atoms with Crippen LogP contribution in [0.5, 0.6) is 0 Å². The molecule has 4 aromatic carbocycles. The van der Waals surface area contributed by atoms with Gasteiger partial charge in [-0.1, -0.05) is 144 Å². The van der Waals surface area contributed by atoms with E-state index in [-0.39, 0.29) is 240 Å². The molecule has 20 rings (SSSR count). The Kier molecular flexibility index (Phi) is 24.2. The van der Waals surface area contributed by atoms with Gasteiger partial charge in [0.25, 0.3) is 0 Å². The van der Waals surface area contributed by atoms with Crippen molar-refractivity contribution in [2.24, 2.45) is 0 Å². The van der Waals surface area contributed by atoms with Gasteiger partial charge in [-0.15, -0.1) is 20.4 Å². The van der Waals surface area contributed by atoms with E-state index in [9.17, 15) is 73.7 Å². The minimum absolute atomic E-state index is 0.00804. The highest BCUT2D eigenvalue weighted by Crippen LogP contribution is 2.50. The molecule has 8 fully saturated rings. The van der Waals surface area contributed by atoms with Crippen molar-refractivity contribution in [3.05, 3.63) is 140 Å². The summed E-state index contributed by atoms with van der Waals surface area (Å²) in [5.41, 5.74) is -6.91. The van der Waals surface area contributed by atoms with E-state index in [1.165, 1.54) is 41.7 Å². The summed E-state index contributed by atoms with van der Waals surface area (Å²) in [5, 5.41) is 168. The van der Waals surface area contributed by atoms with Gasteiger partial charge in [0.15, 0.2) is 88.6 Å². The number of aliphatic hydroxyl groups is 12. The maximum absolute atomic E-state index is 14.6. The number of ether oxygens (including phenoxy) is 4. The van der Waals surface area contributed by atoms with E-state index >= 15 is 0 Å². The van der Waals surface area contributed by atoms with Gasteiger partial charge in [0.2, 0.25) is 0 Å². The fourth-order valence-corrected chi connectivity index (χ4v) is 19.3. The molecular weight excluding hydrogens is 1950 g/mol. The maximum Gasteiger partial charge on any atom is 0.191 e. The highest BCUT2D eigenvalue weighted by molar-refractivity contribution is 7.99. The normalized spacial score (nSPS) is 31.5. The molecule has 0 bridgehead atoms. The SMILES string of the molecule is [2H]c1c([2H])c([C@@H]2C[C@H]2Nc2nc(SC([2H])([2H])C([2H])([2H])C)nc3c2nnn3[C@@H]2C[C@H](OCCO)[C@@H](O)[C@H]2O)c([2H])c(F)c1C.[2H]c1c([2H])c([C@@H]2C[C@H]2Nc2nc(SC([2H])([2H])CC)nc3c2nnn3[C@@H]2C[C@H](OC([2H])([2H])C([2H])([2H])O)[C@@H](O)[C@H]2O)c([2H])c(F)c1C.[2H]c1c([2H])c([C@@H]2C[C@H]2Nc2nc(SC([2H])([2H])CC)nc3c2nnn3[C@@H]2C[C@H](OC([2H])([2H])CO)[C@@H](O)[C@H]2O)c([2H])c(F)c1C.[2H]c1c([2H])c([C@@H]2C[C@H]2Nc2nc(SC([2H])([2H])CC)nc3c2nnn3[C@@H]2C[C@H](OCC([2H])([2H])O)[C@@H](O)[C@H]2O)c([2H])c(F)c1C. The van der Waals surface area contributed by atoms with Crippen molar-refractivity contribution in [2.75, 3.05) is 96.8 Å². The van der Waals surface area contributed by atoms with Gasteiger partial charge in [-0.2, -0.15) is 0 Å². The molecule has 40 nitrogen and oxygen atoms in total. The van der Waals surface area contributed by atoms with E-state index in [0.29, 0.717) is 49.2 Å². The van der Waals surface area contributed by atoms with Crippen LogP contribution in [0.3, 0.4) is 0 Å². The third-order valence-corrected chi connectivity index (χ3v) is 28.2. The molecule has 0 saturated heterocycles. The van der Waals surface area contributed by atoms with E-state index < -0.39 is 261 Å². The van der Waals surface area contributed by atoms with Gasteiger partial charge >= 0.3 is 0 Å². The first-order valence-corrected chi connectivity index (χ1v) is 49.3. The third-order valence-electron chi connectivity index (χ3n) is 25.1. The Morgan fingerprint density at radius 1 is 0.347 bits per heavy atom. The summed E-state index contributed by atoms with van der Waals surface area (Å²) >= 11 is 2.65. The molecule has 8 aliphatic carbocycles. The second-order valence-corrected chi connectivity index (χ2v) is 38.2. The van der Waals surface area contributed by atoms with Crippen molar-refractivity contribution in [2.45, 2.75) is 298 Å². The Labute approximate surface area is 885 Å². The van der Waals surface area contributed by atoms with Crippen molar-refractivity contribution in [3.8, 4) is 0 Å². The first kappa shape index (κ1) is 73.6. The number of aliphatic hydroxyl groups excluding tert-OH is 10. The second-order valence-electron chi connectivity index (χ2n) is 34.9. The van der Waals surface area contributed by atoms with Crippen molar-refractivity contribution in [1.29, 1.82) is 0 Å². The van der Waals surface area contributed by atoms with E-state index in [0.717, 1.165) is 35.1 Å². The number of halogens is 4. The zero-order valence-electron chi connectivity index (χ0n) is 108. The molecular formula is C96H124F4N24O16S4. The fourth-order valence-electron chi connectivity index (χ4n) is 17.2. The average Bonchev–Trinajstić information content (AvgIpc) is 1.59. The Morgan fingerprint density at radius 2 is 0.618 bits per heavy atom. The molecule has 0 aliphatic heterocycles. The first-order valence-electron chi connectivity index (χ1n) is 61.0. The van der Waals surface area contributed by atoms with Gasteiger partial charge in [0.1, 0.15) is 72.1 Å². The van der Waals surface area contributed by atoms with E-state index in [1.54, 1.807) is 20.8 Å². The number of thioether (sulfide) groups is 4. The standard InChI is InChI=1S/4C24H31FN6O4S/c4*1-3-8-36-24-27-22(26-16-10-14(16)13-5-4-12(2)15(25)9-13)19-23(28-24)31(30-29-19)17-11-18(35-7-6-32)21(34)20(17)33/h4*4-5,9,14,16-18,20-21,32-34H,3,6-8,10-11H2,1-2H3,(H,26,27,28)/t4*14-,16+,17+,18-,20-,21+/m0000/s1/i4D,5D,6D2,7D2,8D2,9D;4D,5D,7D2,8D2,9D;4D,5D,6D2,8D2,9D;3D2,4D,5D,8D2,9D. The Morgan fingerprint density at radius 3 is 0.875 bits per heavy atom. The number of aromatic nitrogens is 20. The van der Waals surface area contributed by atoms with E-state index in [1.807, 2.05) is 0 Å². The molecule has 0 radical (unpaired) electrons. The van der Waals surface area contributed by atoms with Gasteiger partial charge in [-0.05, 0) is 148 Å². The predicted octanol–water partition coefficient (Wildman–Crippen LogP) is 8.73. The van der Waals surface area contributed by atoms with Crippen LogP contribution >= 0.6 is 47.0 Å². The molecule has 144 heavy (non-hydrogen) atoms. The number of hydrogen-bond donors (Lipinski definition) is 16. The molecule has 48 heteroatoms. The quantitative estimate of drug-likeness (QED) is 0.00969. The first-order chi connectivity index (χ1) is 81.0. The van der Waals surface area contributed by atoms with Crippen LogP contribution in [-0.4, -0.2) is 334 Å². The van der Waals surface area contributed by atoms with Crippen LogP contribution in [0.4, 0.5) is 40.8 Å². The number of rotatable bonds is 40. The van der Waals surface area contributed by atoms with Crippen molar-refractivity contribution >= 4 is 115 Å². The number of benzene rings is 4. The molecule has 8 aromatic heterocycles. The minimum Gasteiger partial charge on any atom is -0.394 e. The summed E-state index contributed by atoms with van der Waals surface area (Å²) in [4.78, 5) is 35.4. The summed E-state index contributed by atoms with van der Waals surface area (Å²) in [6.45, 7) is -2.35. The monoisotopic (exact) mass is 2100 g/mol. The fraction of sp³-hybridized carbons (Fsp3) is 0.583. The Hall–Kier alpha value is -9.52. The summed E-state index contributed by atoms with van der Waals surface area (Å²) in [6, 6.07) is -9.50. The van der Waals surface area contributed by atoms with Gasteiger partial charge < -0.3 is 101 Å².